The molecule has 0 saturated heterocycles. The Morgan fingerprint density at radius 3 is 2.50 bits per heavy atom. The molecule has 0 aliphatic carbocycles. The average Bonchev–Trinajstić information content (AvgIpc) is 2.64. The summed E-state index contributed by atoms with van der Waals surface area (Å²) in [5, 5.41) is 14.5. The minimum Gasteiger partial charge on any atom is -0.492 e. The van der Waals surface area contributed by atoms with Crippen LogP contribution in [0.4, 0.5) is 23.1 Å². The molecule has 0 aliphatic heterocycles. The van der Waals surface area contributed by atoms with Crippen LogP contribution in [0.1, 0.15) is 32.3 Å². The van der Waals surface area contributed by atoms with Gasteiger partial charge in [0.05, 0.1) is 18.5 Å². The SMILES string of the molecule is CCOc1ccccc1Nc1nncc(Nc2ccc(C(C)C)cc2)n1. The van der Waals surface area contributed by atoms with E-state index in [-0.39, 0.29) is 0 Å². The number of rotatable bonds is 7. The number of anilines is 4. The van der Waals surface area contributed by atoms with Crippen molar-refractivity contribution in [2.45, 2.75) is 26.7 Å². The summed E-state index contributed by atoms with van der Waals surface area (Å²) in [6.45, 7) is 6.89. The zero-order chi connectivity index (χ0) is 18.4. The molecule has 0 amide bonds. The highest BCUT2D eigenvalue weighted by atomic mass is 16.5. The van der Waals surface area contributed by atoms with Crippen molar-refractivity contribution in [3.63, 3.8) is 0 Å². The van der Waals surface area contributed by atoms with Gasteiger partial charge in [-0.2, -0.15) is 10.1 Å². The van der Waals surface area contributed by atoms with E-state index in [9.17, 15) is 0 Å². The van der Waals surface area contributed by atoms with E-state index in [1.165, 1.54) is 5.56 Å². The van der Waals surface area contributed by atoms with Crippen LogP contribution >= 0.6 is 0 Å². The largest absolute Gasteiger partial charge is 0.492 e. The van der Waals surface area contributed by atoms with E-state index in [0.717, 1.165) is 17.1 Å². The molecule has 0 saturated carbocycles. The van der Waals surface area contributed by atoms with Crippen molar-refractivity contribution >= 4 is 23.1 Å². The highest BCUT2D eigenvalue weighted by Gasteiger charge is 2.07. The van der Waals surface area contributed by atoms with Crippen molar-refractivity contribution in [2.24, 2.45) is 0 Å². The number of nitrogens with zero attached hydrogens (tertiary/aromatic N) is 3. The third-order valence-electron chi connectivity index (χ3n) is 3.84. The van der Waals surface area contributed by atoms with Crippen LogP contribution in [-0.2, 0) is 0 Å². The van der Waals surface area contributed by atoms with Crippen molar-refractivity contribution in [1.29, 1.82) is 0 Å². The number of hydrogen-bond acceptors (Lipinski definition) is 6. The fourth-order valence-corrected chi connectivity index (χ4v) is 2.49. The lowest BCUT2D eigenvalue weighted by atomic mass is 10.0. The van der Waals surface area contributed by atoms with E-state index in [1.807, 2.05) is 43.3 Å². The number of hydrogen-bond donors (Lipinski definition) is 2. The molecular weight excluding hydrogens is 326 g/mol. The Morgan fingerprint density at radius 1 is 1.00 bits per heavy atom. The molecule has 0 radical (unpaired) electrons. The minimum absolute atomic E-state index is 0.404. The van der Waals surface area contributed by atoms with Crippen molar-refractivity contribution in [2.75, 3.05) is 17.2 Å². The third kappa shape index (κ3) is 4.47. The monoisotopic (exact) mass is 349 g/mol. The molecule has 0 fully saturated rings. The smallest absolute Gasteiger partial charge is 0.249 e. The van der Waals surface area contributed by atoms with Crippen LogP contribution in [0.25, 0.3) is 0 Å². The molecule has 6 nitrogen and oxygen atoms in total. The van der Waals surface area contributed by atoms with Crippen LogP contribution in [0.3, 0.4) is 0 Å². The predicted octanol–water partition coefficient (Wildman–Crippen LogP) is 4.88. The first-order valence-corrected chi connectivity index (χ1v) is 8.71. The molecule has 2 N–H and O–H groups in total. The van der Waals surface area contributed by atoms with E-state index >= 15 is 0 Å². The lowest BCUT2D eigenvalue weighted by Crippen LogP contribution is -2.04. The number of benzene rings is 2. The van der Waals surface area contributed by atoms with Gasteiger partial charge in [0.1, 0.15) is 5.75 Å². The molecule has 134 valence electrons. The summed E-state index contributed by atoms with van der Waals surface area (Å²) in [5.41, 5.74) is 3.05. The number of para-hydroxylation sites is 2. The van der Waals surface area contributed by atoms with Gasteiger partial charge in [-0.15, -0.1) is 5.10 Å². The van der Waals surface area contributed by atoms with E-state index < -0.39 is 0 Å². The van der Waals surface area contributed by atoms with Gasteiger partial charge in [0.2, 0.25) is 5.95 Å². The summed E-state index contributed by atoms with van der Waals surface area (Å²) in [4.78, 5) is 4.47. The summed E-state index contributed by atoms with van der Waals surface area (Å²) in [6.07, 6.45) is 1.59. The number of ether oxygens (including phenoxy) is 1. The quantitative estimate of drug-likeness (QED) is 0.633. The van der Waals surface area contributed by atoms with Gasteiger partial charge in [-0.1, -0.05) is 38.1 Å². The summed E-state index contributed by atoms with van der Waals surface area (Å²) < 4.78 is 5.61. The Labute approximate surface area is 153 Å². The summed E-state index contributed by atoms with van der Waals surface area (Å²) in [6, 6.07) is 16.0. The molecule has 0 spiro atoms. The average molecular weight is 349 g/mol. The first-order chi connectivity index (χ1) is 12.7. The van der Waals surface area contributed by atoms with Gasteiger partial charge in [0, 0.05) is 5.69 Å². The Hall–Kier alpha value is -3.15. The standard InChI is InChI=1S/C20H23N5O/c1-4-26-18-8-6-5-7-17(18)23-20-24-19(13-21-25-20)22-16-11-9-15(10-12-16)14(2)3/h5-14H,4H2,1-3H3,(H2,22,23,24,25). The molecule has 2 aromatic carbocycles. The van der Waals surface area contributed by atoms with Gasteiger partial charge in [0.25, 0.3) is 0 Å². The summed E-state index contributed by atoms with van der Waals surface area (Å²) in [7, 11) is 0. The maximum atomic E-state index is 5.61. The van der Waals surface area contributed by atoms with Crippen LogP contribution in [0.2, 0.25) is 0 Å². The van der Waals surface area contributed by atoms with Gasteiger partial charge in [-0.05, 0) is 42.7 Å². The summed E-state index contributed by atoms with van der Waals surface area (Å²) >= 11 is 0. The normalized spacial score (nSPS) is 10.6. The lowest BCUT2D eigenvalue weighted by Gasteiger charge is -2.12. The number of nitrogens with one attached hydrogen (secondary N) is 2. The fraction of sp³-hybridized carbons (Fsp3) is 0.250. The Bertz CT molecular complexity index is 849. The van der Waals surface area contributed by atoms with E-state index in [1.54, 1.807) is 6.20 Å². The van der Waals surface area contributed by atoms with Gasteiger partial charge >= 0.3 is 0 Å². The van der Waals surface area contributed by atoms with Crippen LogP contribution in [0.15, 0.2) is 54.7 Å². The zero-order valence-electron chi connectivity index (χ0n) is 15.2. The molecule has 1 aromatic heterocycles. The van der Waals surface area contributed by atoms with Crippen molar-refractivity contribution in [3.8, 4) is 5.75 Å². The third-order valence-corrected chi connectivity index (χ3v) is 3.84. The molecular formula is C20H23N5O. The van der Waals surface area contributed by atoms with Gasteiger partial charge in [-0.25, -0.2) is 0 Å². The summed E-state index contributed by atoms with van der Waals surface area (Å²) in [5.74, 6) is 2.28. The highest BCUT2D eigenvalue weighted by Crippen LogP contribution is 2.26. The van der Waals surface area contributed by atoms with Gasteiger partial charge < -0.3 is 15.4 Å². The minimum atomic E-state index is 0.404. The maximum absolute atomic E-state index is 5.61. The van der Waals surface area contributed by atoms with Gasteiger partial charge in [0.15, 0.2) is 5.82 Å². The van der Waals surface area contributed by atoms with Crippen molar-refractivity contribution < 1.29 is 4.74 Å². The molecule has 0 aliphatic rings. The first-order valence-electron chi connectivity index (χ1n) is 8.71. The van der Waals surface area contributed by atoms with Crippen LogP contribution in [0.5, 0.6) is 5.75 Å². The van der Waals surface area contributed by atoms with E-state index in [2.05, 4.69) is 51.8 Å². The Morgan fingerprint density at radius 2 is 1.77 bits per heavy atom. The zero-order valence-corrected chi connectivity index (χ0v) is 15.2. The molecule has 26 heavy (non-hydrogen) atoms. The molecule has 3 rings (SSSR count). The second-order valence-electron chi connectivity index (χ2n) is 6.12. The first kappa shape index (κ1) is 17.7. The topological polar surface area (TPSA) is 72.0 Å². The van der Waals surface area contributed by atoms with Gasteiger partial charge in [-0.3, -0.25) is 0 Å². The molecule has 0 atom stereocenters. The molecule has 6 heteroatoms. The van der Waals surface area contributed by atoms with Crippen molar-refractivity contribution in [3.05, 3.63) is 60.3 Å². The van der Waals surface area contributed by atoms with Crippen LogP contribution < -0.4 is 15.4 Å². The second-order valence-corrected chi connectivity index (χ2v) is 6.12. The highest BCUT2D eigenvalue weighted by molar-refractivity contribution is 5.63. The molecule has 0 bridgehead atoms. The van der Waals surface area contributed by atoms with Crippen LogP contribution in [0, 0.1) is 0 Å². The Balaban J connectivity index is 1.74. The maximum Gasteiger partial charge on any atom is 0.249 e. The molecule has 1 heterocycles. The number of aromatic nitrogens is 3. The Kier molecular flexibility index (Phi) is 5.63. The predicted molar refractivity (Wildman–Crippen MR) is 105 cm³/mol. The van der Waals surface area contributed by atoms with Crippen LogP contribution in [-0.4, -0.2) is 21.8 Å². The molecule has 3 aromatic rings. The molecule has 0 unspecified atom stereocenters. The lowest BCUT2D eigenvalue weighted by molar-refractivity contribution is 0.342. The van der Waals surface area contributed by atoms with E-state index in [4.69, 9.17) is 4.74 Å². The second kappa shape index (κ2) is 8.29. The fourth-order valence-electron chi connectivity index (χ4n) is 2.49. The van der Waals surface area contributed by atoms with E-state index in [0.29, 0.717) is 24.3 Å². The van der Waals surface area contributed by atoms with Crippen molar-refractivity contribution in [1.82, 2.24) is 15.2 Å².